The van der Waals surface area contributed by atoms with Crippen molar-refractivity contribution in [3.63, 3.8) is 0 Å². The number of rotatable bonds is 10. The van der Waals surface area contributed by atoms with Crippen LogP contribution >= 0.6 is 0 Å². The predicted octanol–water partition coefficient (Wildman–Crippen LogP) is 8.72. The molecule has 334 valence electrons. The molecule has 2 saturated carbocycles. The van der Waals surface area contributed by atoms with Gasteiger partial charge in [-0.25, -0.2) is 24.3 Å². The molecule has 0 N–H and O–H groups in total. The van der Waals surface area contributed by atoms with Crippen LogP contribution in [-0.2, 0) is 0 Å². The maximum absolute atomic E-state index is 15.1. The number of benzene rings is 2. The standard InChI is InChI=1S/C25H22FN7O.C25H23N7O/c1-15(2)33-14-28-30-24(33)21-4-3-5-23(29-21)32-11-20(26)18-9-8-17(10-19(18)25(32)34)31-12-22(27-13-31)16-6-7-16;1-16(2)32-15-27-29-24(32)21-4-3-5-23(28-21)31-11-10-17-8-9-19(12-20(17)25(31)33)30-13-22(26-14-30)18-6-7-18/h3-5,8-16H,6-7H2,1-2H3;3-5,8-16,18H,6-7H2,1-2H3. The number of pyridine rings is 4. The minimum atomic E-state index is -0.497. The highest BCUT2D eigenvalue weighted by molar-refractivity contribution is 5.85. The van der Waals surface area contributed by atoms with Gasteiger partial charge in [0.05, 0.1) is 35.6 Å². The molecule has 17 heteroatoms. The highest BCUT2D eigenvalue weighted by Gasteiger charge is 2.27. The van der Waals surface area contributed by atoms with E-state index in [1.165, 1.54) is 23.6 Å². The quantitative estimate of drug-likeness (QED) is 0.130. The summed E-state index contributed by atoms with van der Waals surface area (Å²) in [5.41, 5.74) is 4.60. The summed E-state index contributed by atoms with van der Waals surface area (Å²) in [6, 6.07) is 24.2. The third-order valence-electron chi connectivity index (χ3n) is 12.3. The topological polar surface area (TPSA) is 167 Å². The van der Waals surface area contributed by atoms with Gasteiger partial charge >= 0.3 is 0 Å². The first kappa shape index (κ1) is 41.5. The van der Waals surface area contributed by atoms with Crippen molar-refractivity contribution >= 4 is 21.5 Å². The molecule has 0 saturated heterocycles. The summed E-state index contributed by atoms with van der Waals surface area (Å²) in [6.45, 7) is 8.17. The average Bonchev–Trinajstić information content (AvgIpc) is 4.06. The van der Waals surface area contributed by atoms with Crippen LogP contribution in [-0.4, -0.2) is 67.7 Å². The molecule has 0 amide bonds. The Morgan fingerprint density at radius 3 is 1.64 bits per heavy atom. The van der Waals surface area contributed by atoms with Crippen molar-refractivity contribution in [3.8, 4) is 46.0 Å². The van der Waals surface area contributed by atoms with Crippen LogP contribution in [0.3, 0.4) is 0 Å². The van der Waals surface area contributed by atoms with Crippen LogP contribution in [0.4, 0.5) is 4.39 Å². The van der Waals surface area contributed by atoms with Crippen molar-refractivity contribution in [2.24, 2.45) is 0 Å². The van der Waals surface area contributed by atoms with E-state index in [2.05, 4.69) is 55.4 Å². The molecule has 0 bridgehead atoms. The molecule has 8 aromatic heterocycles. The van der Waals surface area contributed by atoms with Crippen LogP contribution in [0.5, 0.6) is 0 Å². The predicted molar refractivity (Wildman–Crippen MR) is 252 cm³/mol. The van der Waals surface area contributed by atoms with Crippen LogP contribution in [0.2, 0.25) is 0 Å². The summed E-state index contributed by atoms with van der Waals surface area (Å²) in [5, 5.41) is 18.5. The molecule has 2 aliphatic rings. The fourth-order valence-corrected chi connectivity index (χ4v) is 8.30. The molecular weight excluding hydrogens is 848 g/mol. The summed E-state index contributed by atoms with van der Waals surface area (Å²) in [4.78, 5) is 45.3. The van der Waals surface area contributed by atoms with E-state index in [1.807, 2.05) is 87.1 Å². The van der Waals surface area contributed by atoms with Crippen molar-refractivity contribution in [2.75, 3.05) is 0 Å². The number of aromatic nitrogens is 14. The molecular formula is C50H45FN14O2. The van der Waals surface area contributed by atoms with Gasteiger partial charge in [-0.2, -0.15) is 0 Å². The van der Waals surface area contributed by atoms with Gasteiger partial charge in [-0.1, -0.05) is 18.2 Å². The summed E-state index contributed by atoms with van der Waals surface area (Å²) in [6.07, 6.45) is 18.6. The Morgan fingerprint density at radius 2 is 1.09 bits per heavy atom. The molecule has 0 unspecified atom stereocenters. The molecule has 8 heterocycles. The zero-order valence-corrected chi connectivity index (χ0v) is 37.2. The van der Waals surface area contributed by atoms with Gasteiger partial charge in [0.2, 0.25) is 0 Å². The lowest BCUT2D eigenvalue weighted by molar-refractivity contribution is 0.602. The highest BCUT2D eigenvalue weighted by atomic mass is 19.1. The third-order valence-corrected chi connectivity index (χ3v) is 12.3. The van der Waals surface area contributed by atoms with Crippen LogP contribution in [0.25, 0.3) is 67.6 Å². The second-order valence-electron chi connectivity index (χ2n) is 17.7. The summed E-state index contributed by atoms with van der Waals surface area (Å²) in [7, 11) is 0. The number of imidazole rings is 2. The van der Waals surface area contributed by atoms with E-state index in [4.69, 9.17) is 4.98 Å². The average molecular weight is 893 g/mol. The maximum atomic E-state index is 15.1. The second kappa shape index (κ2) is 16.7. The van der Waals surface area contributed by atoms with Gasteiger partial charge in [0.1, 0.15) is 41.5 Å². The molecule has 16 nitrogen and oxygen atoms in total. The lowest BCUT2D eigenvalue weighted by Crippen LogP contribution is -2.20. The summed E-state index contributed by atoms with van der Waals surface area (Å²) < 4.78 is 25.6. The monoisotopic (exact) mass is 892 g/mol. The summed E-state index contributed by atoms with van der Waals surface area (Å²) in [5.74, 6) is 2.73. The molecule has 0 radical (unpaired) electrons. The Hall–Kier alpha value is -8.21. The molecule has 10 aromatic rings. The van der Waals surface area contributed by atoms with E-state index < -0.39 is 5.82 Å². The van der Waals surface area contributed by atoms with E-state index in [-0.39, 0.29) is 34.0 Å². The fourth-order valence-electron chi connectivity index (χ4n) is 8.30. The van der Waals surface area contributed by atoms with Crippen molar-refractivity contribution in [1.29, 1.82) is 0 Å². The second-order valence-corrected chi connectivity index (χ2v) is 17.7. The first-order chi connectivity index (χ1) is 32.6. The van der Waals surface area contributed by atoms with Crippen molar-refractivity contribution in [2.45, 2.75) is 77.3 Å². The fraction of sp³-hybridized carbons (Fsp3) is 0.240. The SMILES string of the molecule is CC(C)n1cnnc1-c1cccc(-n2cc(F)c3ccc(-n4cnc(C5CC5)c4)cc3c2=O)n1.CC(C)n1cnnc1-c1cccc(-n2ccc3ccc(-n4cnc(C5CC5)c4)cc3c2=O)n1. The Labute approximate surface area is 382 Å². The van der Waals surface area contributed by atoms with Crippen LogP contribution < -0.4 is 11.1 Å². The van der Waals surface area contributed by atoms with E-state index in [9.17, 15) is 9.59 Å². The largest absolute Gasteiger partial charge is 0.310 e. The van der Waals surface area contributed by atoms with Crippen molar-refractivity contribution < 1.29 is 4.39 Å². The van der Waals surface area contributed by atoms with E-state index in [0.29, 0.717) is 51.9 Å². The van der Waals surface area contributed by atoms with Gasteiger partial charge in [-0.3, -0.25) is 18.7 Å². The lowest BCUT2D eigenvalue weighted by atomic mass is 10.1. The minimum absolute atomic E-state index is 0.119. The third kappa shape index (κ3) is 7.91. The lowest BCUT2D eigenvalue weighted by Gasteiger charge is -2.12. The van der Waals surface area contributed by atoms with Crippen LogP contribution in [0.1, 0.15) is 88.7 Å². The number of fused-ring (bicyclic) bond motifs is 2. The van der Waals surface area contributed by atoms with Gasteiger partial charge in [-0.15, -0.1) is 20.4 Å². The highest BCUT2D eigenvalue weighted by Crippen LogP contribution is 2.40. The Morgan fingerprint density at radius 1 is 0.567 bits per heavy atom. The van der Waals surface area contributed by atoms with Gasteiger partial charge in [0.25, 0.3) is 11.1 Å². The van der Waals surface area contributed by atoms with Crippen molar-refractivity contribution in [3.05, 3.63) is 167 Å². The molecule has 2 aromatic carbocycles. The van der Waals surface area contributed by atoms with E-state index in [1.54, 1.807) is 66.1 Å². The smallest absolute Gasteiger partial charge is 0.264 e. The number of hydrogen-bond donors (Lipinski definition) is 0. The first-order valence-electron chi connectivity index (χ1n) is 22.4. The van der Waals surface area contributed by atoms with Crippen LogP contribution in [0, 0.1) is 5.82 Å². The molecule has 2 fully saturated rings. The van der Waals surface area contributed by atoms with E-state index >= 15 is 4.39 Å². The molecule has 67 heavy (non-hydrogen) atoms. The minimum Gasteiger partial charge on any atom is -0.310 e. The molecule has 0 aliphatic heterocycles. The van der Waals surface area contributed by atoms with Gasteiger partial charge in [0, 0.05) is 64.7 Å². The molecule has 12 rings (SSSR count). The Bertz CT molecular complexity index is 3600. The zero-order chi connectivity index (χ0) is 45.9. The zero-order valence-electron chi connectivity index (χ0n) is 37.2. The van der Waals surface area contributed by atoms with Crippen molar-refractivity contribution in [1.82, 2.24) is 67.7 Å². The Kier molecular flexibility index (Phi) is 10.3. The molecule has 0 spiro atoms. The maximum Gasteiger partial charge on any atom is 0.264 e. The first-order valence-corrected chi connectivity index (χ1v) is 22.4. The molecule has 0 atom stereocenters. The number of halogens is 1. The molecule has 2 aliphatic carbocycles. The normalized spacial score (nSPS) is 13.8. The van der Waals surface area contributed by atoms with Gasteiger partial charge < -0.3 is 18.3 Å². The van der Waals surface area contributed by atoms with Gasteiger partial charge in [0.15, 0.2) is 11.6 Å². The Balaban J connectivity index is 0.000000148. The van der Waals surface area contributed by atoms with Gasteiger partial charge in [-0.05, 0) is 119 Å². The summed E-state index contributed by atoms with van der Waals surface area (Å²) >= 11 is 0. The number of hydrogen-bond acceptors (Lipinski definition) is 10. The number of nitrogens with zero attached hydrogens (tertiary/aromatic N) is 14. The van der Waals surface area contributed by atoms with E-state index in [0.717, 1.165) is 41.0 Å². The van der Waals surface area contributed by atoms with Crippen LogP contribution in [0.15, 0.2) is 139 Å².